The number of nitrogens with zero attached hydrogens (tertiary/aromatic N) is 1. The number of aromatic nitrogens is 1. The molecule has 2 aromatic carbocycles. The van der Waals surface area contributed by atoms with Crippen molar-refractivity contribution >= 4 is 68.4 Å². The molecular formula is C34H34BrN3O7S2. The largest absolute Gasteiger partial charge is 0.483 e. The van der Waals surface area contributed by atoms with Crippen LogP contribution in [0.2, 0.25) is 0 Å². The number of imide groups is 1. The van der Waals surface area contributed by atoms with Crippen molar-refractivity contribution in [2.75, 3.05) is 11.9 Å². The predicted octanol–water partition coefficient (Wildman–Crippen LogP) is 5.50. The van der Waals surface area contributed by atoms with E-state index in [1.54, 1.807) is 17.8 Å². The molecule has 3 aromatic rings. The van der Waals surface area contributed by atoms with Crippen LogP contribution in [0.15, 0.2) is 56.8 Å². The van der Waals surface area contributed by atoms with Crippen LogP contribution in [-0.4, -0.2) is 56.6 Å². The lowest BCUT2D eigenvalue weighted by atomic mass is 9.68. The van der Waals surface area contributed by atoms with Gasteiger partial charge in [0.05, 0.1) is 16.9 Å². The second-order valence-electron chi connectivity index (χ2n) is 13.3. The fraction of sp³-hybridized carbons (Fsp3) is 0.441. The molecule has 2 bridgehead atoms. The molecule has 3 fully saturated rings. The zero-order valence-electron chi connectivity index (χ0n) is 25.9. The number of aryl methyl sites for hydroxylation is 1. The number of fused-ring (bicyclic) bond motifs is 9. The van der Waals surface area contributed by atoms with Crippen LogP contribution < -0.4 is 14.9 Å². The standard InChI is InChI=1S/C34H34BrN3O7S2/c1-14(2)10-21(33(42)43)38-31(40)26-18-12-19(27(26)32(38)41)28-25(18)24(29-30(46-28)37-34(44)47-29)17-11-16(35)8-9-22(17)45-13-23(39)36-20-7-5-4-6-15(20)3/h4-9,11,14,18-19,21,24-28H,10,12-13H2,1-3H3,(H,36,39)(H,37,44)(H,42,43)/t18?,19?,21?,24-,25?,26?,27?,28?/m1/s1. The van der Waals surface area contributed by atoms with Crippen LogP contribution in [0.25, 0.3) is 0 Å². The van der Waals surface area contributed by atoms with Crippen molar-refractivity contribution in [3.05, 3.63) is 72.6 Å². The molecule has 7 rings (SSSR count). The summed E-state index contributed by atoms with van der Waals surface area (Å²) in [5.74, 6) is -3.77. The third kappa shape index (κ3) is 5.44. The molecule has 47 heavy (non-hydrogen) atoms. The highest BCUT2D eigenvalue weighted by molar-refractivity contribution is 9.10. The van der Waals surface area contributed by atoms with Gasteiger partial charge in [-0.1, -0.05) is 59.3 Å². The number of carbonyl (C=O) groups is 4. The first-order chi connectivity index (χ1) is 22.4. The smallest absolute Gasteiger partial charge is 0.326 e. The Bertz CT molecular complexity index is 1860. The van der Waals surface area contributed by atoms with Gasteiger partial charge in [-0.25, -0.2) is 4.79 Å². The molecule has 2 aliphatic carbocycles. The molecule has 2 saturated carbocycles. The number of benzene rings is 2. The van der Waals surface area contributed by atoms with Gasteiger partial charge in [0, 0.05) is 31.8 Å². The highest BCUT2D eigenvalue weighted by Gasteiger charge is 2.70. The van der Waals surface area contributed by atoms with Crippen molar-refractivity contribution in [1.82, 2.24) is 9.88 Å². The van der Waals surface area contributed by atoms with E-state index in [9.17, 15) is 29.1 Å². The molecule has 1 aromatic heterocycles. The average molecular weight is 741 g/mol. The number of carbonyl (C=O) groups excluding carboxylic acids is 3. The first kappa shape index (κ1) is 32.1. The first-order valence-corrected chi connectivity index (χ1v) is 18.2. The maximum Gasteiger partial charge on any atom is 0.326 e. The number of aliphatic carboxylic acids is 1. The van der Waals surface area contributed by atoms with Crippen molar-refractivity contribution in [3.8, 4) is 5.75 Å². The molecule has 0 radical (unpaired) electrons. The van der Waals surface area contributed by atoms with Gasteiger partial charge in [-0.05, 0) is 73.3 Å². The van der Waals surface area contributed by atoms with Gasteiger partial charge in [0.1, 0.15) is 11.8 Å². The summed E-state index contributed by atoms with van der Waals surface area (Å²) in [6.07, 6.45) is 0.865. The normalized spacial score (nSPS) is 27.9. The maximum atomic E-state index is 14.1. The highest BCUT2D eigenvalue weighted by atomic mass is 79.9. The Kier molecular flexibility index (Phi) is 8.36. The Balaban J connectivity index is 1.23. The van der Waals surface area contributed by atoms with Gasteiger partial charge in [0.25, 0.3) is 5.91 Å². The Labute approximate surface area is 287 Å². The minimum absolute atomic E-state index is 0.0158. The fourth-order valence-corrected chi connectivity index (χ4v) is 11.7. The molecule has 0 spiro atoms. The number of thiazole rings is 1. The molecule has 246 valence electrons. The predicted molar refractivity (Wildman–Crippen MR) is 181 cm³/mol. The number of hydrogen-bond acceptors (Lipinski definition) is 8. The van der Waals surface area contributed by atoms with E-state index in [2.05, 4.69) is 26.2 Å². The number of amides is 3. The van der Waals surface area contributed by atoms with Crippen LogP contribution in [0, 0.1) is 42.4 Å². The van der Waals surface area contributed by atoms with E-state index in [0.717, 1.165) is 41.7 Å². The molecule has 13 heteroatoms. The summed E-state index contributed by atoms with van der Waals surface area (Å²) in [4.78, 5) is 70.7. The second kappa shape index (κ2) is 12.2. The lowest BCUT2D eigenvalue weighted by Crippen LogP contribution is -2.47. The van der Waals surface area contributed by atoms with Gasteiger partial charge in [0.2, 0.25) is 11.8 Å². The van der Waals surface area contributed by atoms with Gasteiger partial charge in [-0.3, -0.25) is 24.1 Å². The number of anilines is 1. The number of para-hydroxylation sites is 1. The number of likely N-dealkylation sites (tertiary alicyclic amines) is 1. The van der Waals surface area contributed by atoms with Crippen LogP contribution >= 0.6 is 39.0 Å². The van der Waals surface area contributed by atoms with E-state index in [1.807, 2.05) is 57.2 Å². The van der Waals surface area contributed by atoms with Gasteiger partial charge >= 0.3 is 10.8 Å². The minimum Gasteiger partial charge on any atom is -0.483 e. The Morgan fingerprint density at radius 3 is 2.53 bits per heavy atom. The second-order valence-corrected chi connectivity index (χ2v) is 16.4. The molecule has 10 nitrogen and oxygen atoms in total. The third-order valence-corrected chi connectivity index (χ3v) is 13.2. The van der Waals surface area contributed by atoms with Gasteiger partial charge in [-0.2, -0.15) is 0 Å². The number of H-pyrrole nitrogens is 1. The summed E-state index contributed by atoms with van der Waals surface area (Å²) >= 11 is 6.30. The zero-order chi connectivity index (χ0) is 33.3. The number of hydrogen-bond donors (Lipinski definition) is 3. The Morgan fingerprint density at radius 2 is 1.83 bits per heavy atom. The summed E-state index contributed by atoms with van der Waals surface area (Å²) in [6.45, 7) is 5.43. The van der Waals surface area contributed by atoms with Crippen LogP contribution in [0.3, 0.4) is 0 Å². The summed E-state index contributed by atoms with van der Waals surface area (Å²) in [5.41, 5.74) is 2.42. The summed E-state index contributed by atoms with van der Waals surface area (Å²) in [7, 11) is 0. The number of thioether (sulfide) groups is 1. The maximum absolute atomic E-state index is 14.1. The van der Waals surface area contributed by atoms with Crippen molar-refractivity contribution in [3.63, 3.8) is 0 Å². The fourth-order valence-electron chi connectivity index (χ4n) is 8.39. The number of nitrogens with one attached hydrogen (secondary N) is 2. The summed E-state index contributed by atoms with van der Waals surface area (Å²) < 4.78 is 6.98. The molecular weight excluding hydrogens is 706 g/mol. The third-order valence-electron chi connectivity index (χ3n) is 10.1. The minimum atomic E-state index is -1.20. The molecule has 3 N–H and O–H groups in total. The molecule has 3 amide bonds. The van der Waals surface area contributed by atoms with Crippen LogP contribution in [0.1, 0.15) is 48.6 Å². The van der Waals surface area contributed by atoms with Crippen LogP contribution in [0.5, 0.6) is 5.75 Å². The monoisotopic (exact) mass is 739 g/mol. The average Bonchev–Trinajstić information content (AvgIpc) is 3.75. The van der Waals surface area contributed by atoms with E-state index >= 15 is 0 Å². The molecule has 1 saturated heterocycles. The van der Waals surface area contributed by atoms with Crippen molar-refractivity contribution in [1.29, 1.82) is 0 Å². The van der Waals surface area contributed by atoms with Crippen molar-refractivity contribution in [2.45, 2.75) is 55.8 Å². The zero-order valence-corrected chi connectivity index (χ0v) is 29.1. The van der Waals surface area contributed by atoms with Gasteiger partial charge in [-0.15, -0.1) is 11.8 Å². The van der Waals surface area contributed by atoms with E-state index in [-0.39, 0.29) is 64.6 Å². The lowest BCUT2D eigenvalue weighted by Gasteiger charge is -2.43. The van der Waals surface area contributed by atoms with E-state index in [0.29, 0.717) is 17.9 Å². The summed E-state index contributed by atoms with van der Waals surface area (Å²) in [6, 6.07) is 11.9. The molecule has 2 aliphatic heterocycles. The van der Waals surface area contributed by atoms with E-state index in [4.69, 9.17) is 4.74 Å². The number of carboxylic acid groups (broad SMARTS) is 1. The summed E-state index contributed by atoms with van der Waals surface area (Å²) in [5, 5.41) is 13.6. The van der Waals surface area contributed by atoms with Crippen molar-refractivity contribution < 1.29 is 29.0 Å². The molecule has 3 heterocycles. The topological polar surface area (TPSA) is 146 Å². The molecule has 4 aliphatic rings. The first-order valence-electron chi connectivity index (χ1n) is 15.7. The van der Waals surface area contributed by atoms with Gasteiger partial charge < -0.3 is 20.1 Å². The lowest BCUT2D eigenvalue weighted by molar-refractivity contribution is -0.156. The SMILES string of the molecule is Cc1ccccc1NC(=O)COc1ccc(Br)cc1[C@H]1c2sc(=O)[nH]c2SC2C3CC(C4C(=O)N(C(CC(C)C)C(=O)O)C(=O)C34)C21. The number of halogens is 1. The van der Waals surface area contributed by atoms with Gasteiger partial charge in [0.15, 0.2) is 6.61 Å². The van der Waals surface area contributed by atoms with E-state index in [1.165, 1.54) is 0 Å². The molecule has 8 atom stereocenters. The van der Waals surface area contributed by atoms with Crippen LogP contribution in [-0.2, 0) is 19.2 Å². The number of ether oxygens (including phenoxy) is 1. The number of rotatable bonds is 9. The number of carboxylic acids is 1. The quantitative estimate of drug-likeness (QED) is 0.244. The number of aromatic amines is 1. The Hall–Kier alpha value is -3.42. The van der Waals surface area contributed by atoms with Crippen molar-refractivity contribution in [2.24, 2.45) is 35.5 Å². The highest BCUT2D eigenvalue weighted by Crippen LogP contribution is 2.69. The van der Waals surface area contributed by atoms with E-state index < -0.39 is 29.8 Å². The van der Waals surface area contributed by atoms with Crippen LogP contribution in [0.4, 0.5) is 5.69 Å². The Morgan fingerprint density at radius 1 is 1.11 bits per heavy atom. The molecule has 7 unspecified atom stereocenters.